The minimum Gasteiger partial charge on any atom is -0.508 e. The fourth-order valence-electron chi connectivity index (χ4n) is 3.08. The summed E-state index contributed by atoms with van der Waals surface area (Å²) in [7, 11) is 1.81. The highest BCUT2D eigenvalue weighted by Crippen LogP contribution is 2.33. The Kier molecular flexibility index (Phi) is 4.57. The molecule has 116 valence electrons. The number of likely N-dealkylation sites (N-methyl/N-ethyl adjacent to an activating group) is 1. The molecule has 2 N–H and O–H groups in total. The lowest BCUT2D eigenvalue weighted by atomic mass is 9.77. The molecular weight excluding hydrogens is 264 g/mol. The topological polar surface area (TPSA) is 52.6 Å². The number of nitrogens with one attached hydrogen (secondary N) is 1. The minimum atomic E-state index is -0.162. The summed E-state index contributed by atoms with van der Waals surface area (Å²) < 4.78 is 0. The lowest BCUT2D eigenvalue weighted by Gasteiger charge is -2.41. The number of nitrogens with zero attached hydrogens (tertiary/aromatic N) is 1. The van der Waals surface area contributed by atoms with Gasteiger partial charge >= 0.3 is 0 Å². The van der Waals surface area contributed by atoms with Gasteiger partial charge in [0.15, 0.2) is 0 Å². The van der Waals surface area contributed by atoms with Crippen molar-refractivity contribution in [2.24, 2.45) is 5.41 Å². The van der Waals surface area contributed by atoms with Gasteiger partial charge in [0.1, 0.15) is 5.75 Å². The molecule has 1 aromatic rings. The van der Waals surface area contributed by atoms with Crippen molar-refractivity contribution in [3.8, 4) is 5.75 Å². The molecule has 1 aliphatic rings. The van der Waals surface area contributed by atoms with Gasteiger partial charge in [0.05, 0.1) is 12.1 Å². The van der Waals surface area contributed by atoms with E-state index in [-0.39, 0.29) is 29.2 Å². The van der Waals surface area contributed by atoms with Crippen molar-refractivity contribution in [3.05, 3.63) is 29.8 Å². The SMILES string of the molecule is CC(c1ccccc1O)N(C)C(=O)C1NCCCC1(C)C. The molecule has 21 heavy (non-hydrogen) atoms. The van der Waals surface area contributed by atoms with Gasteiger partial charge in [-0.25, -0.2) is 0 Å². The summed E-state index contributed by atoms with van der Waals surface area (Å²) in [4.78, 5) is 14.6. The zero-order valence-electron chi connectivity index (χ0n) is 13.4. The van der Waals surface area contributed by atoms with E-state index < -0.39 is 0 Å². The molecule has 1 aliphatic heterocycles. The minimum absolute atomic E-state index is 0.0396. The predicted octanol–water partition coefficient (Wildman–Crippen LogP) is 2.69. The summed E-state index contributed by atoms with van der Waals surface area (Å²) in [5.74, 6) is 0.330. The van der Waals surface area contributed by atoms with E-state index in [2.05, 4.69) is 19.2 Å². The summed E-state index contributed by atoms with van der Waals surface area (Å²) in [5, 5.41) is 13.3. The monoisotopic (exact) mass is 290 g/mol. The molecule has 2 unspecified atom stereocenters. The Morgan fingerprint density at radius 1 is 1.43 bits per heavy atom. The second-order valence-corrected chi connectivity index (χ2v) is 6.66. The Morgan fingerprint density at radius 3 is 2.71 bits per heavy atom. The van der Waals surface area contributed by atoms with Crippen LogP contribution in [0.15, 0.2) is 24.3 Å². The Hall–Kier alpha value is -1.55. The number of aromatic hydroxyl groups is 1. The molecule has 4 heteroatoms. The molecule has 0 radical (unpaired) electrons. The molecule has 1 fully saturated rings. The lowest BCUT2D eigenvalue weighted by molar-refractivity contribution is -0.138. The van der Waals surface area contributed by atoms with Crippen molar-refractivity contribution in [1.29, 1.82) is 0 Å². The van der Waals surface area contributed by atoms with Crippen molar-refractivity contribution in [2.75, 3.05) is 13.6 Å². The maximum absolute atomic E-state index is 12.8. The van der Waals surface area contributed by atoms with E-state index in [1.165, 1.54) is 0 Å². The Bertz CT molecular complexity index is 513. The number of phenols is 1. The van der Waals surface area contributed by atoms with Gasteiger partial charge in [-0.15, -0.1) is 0 Å². The highest BCUT2D eigenvalue weighted by atomic mass is 16.3. The van der Waals surface area contributed by atoms with Crippen LogP contribution in [0, 0.1) is 5.41 Å². The van der Waals surface area contributed by atoms with Crippen molar-refractivity contribution >= 4 is 5.91 Å². The normalized spacial score (nSPS) is 22.6. The molecule has 1 saturated heterocycles. The van der Waals surface area contributed by atoms with Gasteiger partial charge in [0.25, 0.3) is 0 Å². The first-order chi connectivity index (χ1) is 9.84. The average molecular weight is 290 g/mol. The van der Waals surface area contributed by atoms with Crippen molar-refractivity contribution in [3.63, 3.8) is 0 Å². The third-order valence-electron chi connectivity index (χ3n) is 4.69. The summed E-state index contributed by atoms with van der Waals surface area (Å²) in [6, 6.07) is 6.88. The molecule has 1 amide bonds. The van der Waals surface area contributed by atoms with Crippen LogP contribution >= 0.6 is 0 Å². The van der Waals surface area contributed by atoms with Crippen LogP contribution in [0.2, 0.25) is 0 Å². The van der Waals surface area contributed by atoms with Crippen LogP contribution < -0.4 is 5.32 Å². The fourth-order valence-corrected chi connectivity index (χ4v) is 3.08. The molecule has 0 saturated carbocycles. The van der Waals surface area contributed by atoms with E-state index in [1.807, 2.05) is 26.1 Å². The molecule has 0 aliphatic carbocycles. The maximum Gasteiger partial charge on any atom is 0.240 e. The lowest BCUT2D eigenvalue weighted by Crippen LogP contribution is -2.56. The smallest absolute Gasteiger partial charge is 0.240 e. The van der Waals surface area contributed by atoms with E-state index in [0.717, 1.165) is 24.9 Å². The van der Waals surface area contributed by atoms with E-state index in [0.29, 0.717) is 0 Å². The van der Waals surface area contributed by atoms with E-state index in [9.17, 15) is 9.90 Å². The molecule has 2 rings (SSSR count). The quantitative estimate of drug-likeness (QED) is 0.900. The van der Waals surface area contributed by atoms with Crippen LogP contribution in [0.4, 0.5) is 0 Å². The zero-order chi connectivity index (χ0) is 15.6. The summed E-state index contributed by atoms with van der Waals surface area (Å²) in [6.07, 6.45) is 2.16. The third kappa shape index (κ3) is 3.21. The van der Waals surface area contributed by atoms with Gasteiger partial charge in [-0.05, 0) is 37.8 Å². The molecular formula is C17H26N2O2. The van der Waals surface area contributed by atoms with Crippen molar-refractivity contribution in [2.45, 2.75) is 45.7 Å². The number of para-hydroxylation sites is 1. The van der Waals surface area contributed by atoms with Gasteiger partial charge in [0, 0.05) is 12.6 Å². The van der Waals surface area contributed by atoms with Crippen LogP contribution in [-0.4, -0.2) is 35.5 Å². The van der Waals surface area contributed by atoms with Crippen LogP contribution in [0.25, 0.3) is 0 Å². The Balaban J connectivity index is 2.17. The summed E-state index contributed by atoms with van der Waals surface area (Å²) in [5.41, 5.74) is 0.740. The van der Waals surface area contributed by atoms with Crippen LogP contribution in [0.5, 0.6) is 5.75 Å². The van der Waals surface area contributed by atoms with Gasteiger partial charge < -0.3 is 15.3 Å². The predicted molar refractivity (Wildman–Crippen MR) is 84.1 cm³/mol. The Morgan fingerprint density at radius 2 is 2.10 bits per heavy atom. The molecule has 1 heterocycles. The Labute approximate surface area is 127 Å². The molecule has 0 aromatic heterocycles. The standard InChI is InChI=1S/C17H26N2O2/c1-12(13-8-5-6-9-14(13)20)19(4)16(21)15-17(2,3)10-7-11-18-15/h5-6,8-9,12,15,18,20H,7,10-11H2,1-4H3. The zero-order valence-corrected chi connectivity index (χ0v) is 13.4. The van der Waals surface area contributed by atoms with Crippen molar-refractivity contribution < 1.29 is 9.90 Å². The maximum atomic E-state index is 12.8. The summed E-state index contributed by atoms with van der Waals surface area (Å²) >= 11 is 0. The van der Waals surface area contributed by atoms with Crippen molar-refractivity contribution in [1.82, 2.24) is 10.2 Å². The van der Waals surface area contributed by atoms with E-state index >= 15 is 0 Å². The number of phenolic OH excluding ortho intramolecular Hbond substituents is 1. The second-order valence-electron chi connectivity index (χ2n) is 6.66. The highest BCUT2D eigenvalue weighted by Gasteiger charge is 2.39. The average Bonchev–Trinajstić information content (AvgIpc) is 2.45. The van der Waals surface area contributed by atoms with Gasteiger partial charge in [-0.3, -0.25) is 4.79 Å². The highest BCUT2D eigenvalue weighted by molar-refractivity contribution is 5.83. The first-order valence-electron chi connectivity index (χ1n) is 7.62. The van der Waals surface area contributed by atoms with Crippen LogP contribution in [-0.2, 0) is 4.79 Å². The number of carbonyl (C=O) groups is 1. The largest absolute Gasteiger partial charge is 0.508 e. The number of hydrogen-bond acceptors (Lipinski definition) is 3. The van der Waals surface area contributed by atoms with Crippen LogP contribution in [0.1, 0.15) is 45.2 Å². The molecule has 4 nitrogen and oxygen atoms in total. The van der Waals surface area contributed by atoms with Gasteiger partial charge in [0.2, 0.25) is 5.91 Å². The second kappa shape index (κ2) is 6.06. The van der Waals surface area contributed by atoms with Crippen LogP contribution in [0.3, 0.4) is 0 Å². The number of hydrogen-bond donors (Lipinski definition) is 2. The van der Waals surface area contributed by atoms with E-state index in [4.69, 9.17) is 0 Å². The number of rotatable bonds is 3. The molecule has 2 atom stereocenters. The number of carbonyl (C=O) groups excluding carboxylic acids is 1. The van der Waals surface area contributed by atoms with E-state index in [1.54, 1.807) is 17.0 Å². The molecule has 0 spiro atoms. The number of piperidine rings is 1. The number of amides is 1. The number of benzene rings is 1. The fraction of sp³-hybridized carbons (Fsp3) is 0.588. The first-order valence-corrected chi connectivity index (χ1v) is 7.62. The summed E-state index contributed by atoms with van der Waals surface area (Å²) in [6.45, 7) is 7.11. The molecule has 1 aromatic carbocycles. The van der Waals surface area contributed by atoms with Gasteiger partial charge in [-0.2, -0.15) is 0 Å². The third-order valence-corrected chi connectivity index (χ3v) is 4.69. The first kappa shape index (κ1) is 15.8. The molecule has 0 bridgehead atoms. The van der Waals surface area contributed by atoms with Gasteiger partial charge in [-0.1, -0.05) is 32.0 Å².